The van der Waals surface area contributed by atoms with E-state index in [1.54, 1.807) is 6.92 Å². The van der Waals surface area contributed by atoms with Crippen LogP contribution in [-0.2, 0) is 14.8 Å². The van der Waals surface area contributed by atoms with Gasteiger partial charge in [0, 0.05) is 6.54 Å². The van der Waals surface area contributed by atoms with E-state index in [9.17, 15) is 13.2 Å². The summed E-state index contributed by atoms with van der Waals surface area (Å²) in [4.78, 5) is 10.4. The zero-order valence-corrected chi connectivity index (χ0v) is 12.0. The lowest BCUT2D eigenvalue weighted by Crippen LogP contribution is -2.26. The molecule has 19 heavy (non-hydrogen) atoms. The molecule has 0 atom stereocenters. The van der Waals surface area contributed by atoms with Crippen LogP contribution in [0.4, 0.5) is 0 Å². The van der Waals surface area contributed by atoms with Gasteiger partial charge in [-0.05, 0) is 24.6 Å². The predicted octanol–water partition coefficient (Wildman–Crippen LogP) is 1.41. The summed E-state index contributed by atoms with van der Waals surface area (Å²) in [7, 11) is -2.36. The molecular weight excluding hydrogens is 294 g/mol. The van der Waals surface area contributed by atoms with Gasteiger partial charge in [-0.3, -0.25) is 4.79 Å². The topological polar surface area (TPSA) is 92.7 Å². The molecule has 0 heterocycles. The number of carboxylic acids is 1. The Hall–Kier alpha value is -1.31. The second kappa shape index (κ2) is 6.23. The number of halogens is 1. The number of carboxylic acid groups (broad SMARTS) is 1. The number of carbonyl (C=O) groups is 1. The first-order valence-electron chi connectivity index (χ1n) is 5.33. The highest BCUT2D eigenvalue weighted by molar-refractivity contribution is 7.89. The van der Waals surface area contributed by atoms with Crippen LogP contribution >= 0.6 is 11.6 Å². The van der Waals surface area contributed by atoms with Crippen molar-refractivity contribution >= 4 is 27.6 Å². The van der Waals surface area contributed by atoms with Crippen molar-refractivity contribution in [1.82, 2.24) is 4.72 Å². The van der Waals surface area contributed by atoms with Crippen LogP contribution in [0, 0.1) is 6.92 Å². The molecule has 106 valence electrons. The molecule has 0 spiro atoms. The summed E-state index contributed by atoms with van der Waals surface area (Å²) < 4.78 is 31.2. The van der Waals surface area contributed by atoms with E-state index in [4.69, 9.17) is 21.4 Å². The number of hydrogen-bond donors (Lipinski definition) is 2. The minimum Gasteiger partial charge on any atom is -0.495 e. The summed E-state index contributed by atoms with van der Waals surface area (Å²) in [5.74, 6) is -0.698. The van der Waals surface area contributed by atoms with Gasteiger partial charge in [0.2, 0.25) is 10.0 Å². The van der Waals surface area contributed by atoms with E-state index < -0.39 is 16.0 Å². The van der Waals surface area contributed by atoms with E-state index in [1.807, 2.05) is 0 Å². The Morgan fingerprint density at radius 1 is 1.47 bits per heavy atom. The van der Waals surface area contributed by atoms with E-state index in [2.05, 4.69) is 4.72 Å². The fourth-order valence-electron chi connectivity index (χ4n) is 1.45. The lowest BCUT2D eigenvalue weighted by molar-refractivity contribution is -0.136. The highest BCUT2D eigenvalue weighted by Crippen LogP contribution is 2.29. The molecular formula is C11H14ClNO5S. The number of aryl methyl sites for hydroxylation is 1. The average Bonchev–Trinajstić information content (AvgIpc) is 2.30. The lowest BCUT2D eigenvalue weighted by Gasteiger charge is -2.11. The van der Waals surface area contributed by atoms with Crippen molar-refractivity contribution in [1.29, 1.82) is 0 Å². The summed E-state index contributed by atoms with van der Waals surface area (Å²) >= 11 is 5.88. The molecule has 8 heteroatoms. The van der Waals surface area contributed by atoms with Crippen LogP contribution < -0.4 is 9.46 Å². The Morgan fingerprint density at radius 3 is 2.63 bits per heavy atom. The van der Waals surface area contributed by atoms with E-state index in [0.717, 1.165) is 0 Å². The largest absolute Gasteiger partial charge is 0.495 e. The van der Waals surface area contributed by atoms with E-state index in [-0.39, 0.29) is 22.9 Å². The normalized spacial score (nSPS) is 11.3. The minimum absolute atomic E-state index is 0.00342. The maximum absolute atomic E-state index is 12.0. The van der Waals surface area contributed by atoms with Crippen LogP contribution in [-0.4, -0.2) is 33.1 Å². The molecule has 0 saturated heterocycles. The Labute approximate surface area is 116 Å². The molecule has 0 aliphatic rings. The Morgan fingerprint density at radius 2 is 2.11 bits per heavy atom. The third-order valence-electron chi connectivity index (χ3n) is 2.37. The van der Waals surface area contributed by atoms with E-state index in [1.165, 1.54) is 19.2 Å². The van der Waals surface area contributed by atoms with Crippen LogP contribution in [0.25, 0.3) is 0 Å². The molecule has 0 unspecified atom stereocenters. The molecule has 0 aromatic heterocycles. The van der Waals surface area contributed by atoms with Gasteiger partial charge in [0.05, 0.1) is 23.4 Å². The Kier molecular flexibility index (Phi) is 5.16. The second-order valence-corrected chi connectivity index (χ2v) is 5.94. The molecule has 0 saturated carbocycles. The van der Waals surface area contributed by atoms with Crippen molar-refractivity contribution in [2.45, 2.75) is 18.2 Å². The van der Waals surface area contributed by atoms with Gasteiger partial charge in [-0.15, -0.1) is 0 Å². The van der Waals surface area contributed by atoms with Gasteiger partial charge >= 0.3 is 5.97 Å². The summed E-state index contributed by atoms with van der Waals surface area (Å²) in [6, 6.07) is 2.78. The molecule has 1 aromatic rings. The van der Waals surface area contributed by atoms with Gasteiger partial charge in [-0.25, -0.2) is 13.1 Å². The zero-order chi connectivity index (χ0) is 14.6. The van der Waals surface area contributed by atoms with E-state index in [0.29, 0.717) is 11.3 Å². The number of rotatable bonds is 6. The quantitative estimate of drug-likeness (QED) is 0.829. The van der Waals surface area contributed by atoms with Crippen LogP contribution in [0.2, 0.25) is 5.02 Å². The van der Waals surface area contributed by atoms with Crippen molar-refractivity contribution in [3.63, 3.8) is 0 Å². The van der Waals surface area contributed by atoms with Gasteiger partial charge in [0.1, 0.15) is 5.75 Å². The van der Waals surface area contributed by atoms with E-state index >= 15 is 0 Å². The number of nitrogens with one attached hydrogen (secondary N) is 1. The maximum Gasteiger partial charge on any atom is 0.304 e. The second-order valence-electron chi connectivity index (χ2n) is 3.79. The highest BCUT2D eigenvalue weighted by Gasteiger charge is 2.19. The van der Waals surface area contributed by atoms with Crippen molar-refractivity contribution < 1.29 is 23.1 Å². The lowest BCUT2D eigenvalue weighted by atomic mass is 10.2. The van der Waals surface area contributed by atoms with Crippen LogP contribution in [0.5, 0.6) is 5.75 Å². The standard InChI is InChI=1S/C11H14ClNO5S/c1-7-5-9(18-2)8(12)6-10(7)19(16,17)13-4-3-11(14)15/h5-6,13H,3-4H2,1-2H3,(H,14,15). The Bertz CT molecular complexity index is 585. The predicted molar refractivity (Wildman–Crippen MR) is 70.2 cm³/mol. The van der Waals surface area contributed by atoms with Crippen molar-refractivity contribution in [2.75, 3.05) is 13.7 Å². The van der Waals surface area contributed by atoms with Crippen LogP contribution in [0.15, 0.2) is 17.0 Å². The summed E-state index contributed by atoms with van der Waals surface area (Å²) in [5, 5.41) is 8.65. The molecule has 6 nitrogen and oxygen atoms in total. The third-order valence-corrected chi connectivity index (χ3v) is 4.27. The zero-order valence-electron chi connectivity index (χ0n) is 10.4. The number of aliphatic carboxylic acids is 1. The minimum atomic E-state index is -3.79. The third kappa shape index (κ3) is 4.09. The van der Waals surface area contributed by atoms with Gasteiger partial charge in [0.25, 0.3) is 0 Å². The molecule has 2 N–H and O–H groups in total. The first kappa shape index (κ1) is 15.7. The van der Waals surface area contributed by atoms with Crippen molar-refractivity contribution in [3.8, 4) is 5.75 Å². The molecule has 0 radical (unpaired) electrons. The molecule has 0 amide bonds. The summed E-state index contributed by atoms with van der Waals surface area (Å²) in [5.41, 5.74) is 0.462. The van der Waals surface area contributed by atoms with Crippen molar-refractivity contribution in [3.05, 3.63) is 22.7 Å². The molecule has 0 aliphatic heterocycles. The summed E-state index contributed by atoms with van der Waals surface area (Å²) in [6.45, 7) is 1.42. The first-order chi connectivity index (χ1) is 8.77. The molecule has 1 rings (SSSR count). The molecule has 0 fully saturated rings. The fraction of sp³-hybridized carbons (Fsp3) is 0.364. The average molecular weight is 308 g/mol. The number of sulfonamides is 1. The smallest absolute Gasteiger partial charge is 0.304 e. The van der Waals surface area contributed by atoms with Gasteiger partial charge < -0.3 is 9.84 Å². The highest BCUT2D eigenvalue weighted by atomic mass is 35.5. The molecule has 1 aromatic carbocycles. The van der Waals surface area contributed by atoms with Gasteiger partial charge in [0.15, 0.2) is 0 Å². The number of benzene rings is 1. The van der Waals surface area contributed by atoms with Gasteiger partial charge in [-0.1, -0.05) is 11.6 Å². The maximum atomic E-state index is 12.0. The number of hydrogen-bond acceptors (Lipinski definition) is 4. The number of methoxy groups -OCH3 is 1. The monoisotopic (exact) mass is 307 g/mol. The SMILES string of the molecule is COc1cc(C)c(S(=O)(=O)NCCC(=O)O)cc1Cl. The van der Waals surface area contributed by atoms with Crippen molar-refractivity contribution in [2.24, 2.45) is 0 Å². The fourth-order valence-corrected chi connectivity index (χ4v) is 3.04. The molecule has 0 aliphatic carbocycles. The number of ether oxygens (including phenoxy) is 1. The van der Waals surface area contributed by atoms with Gasteiger partial charge in [-0.2, -0.15) is 0 Å². The van der Waals surface area contributed by atoms with Crippen LogP contribution in [0.1, 0.15) is 12.0 Å². The first-order valence-corrected chi connectivity index (χ1v) is 7.19. The Balaban J connectivity index is 3.01. The summed E-state index contributed by atoms with van der Waals surface area (Å²) in [6.07, 6.45) is -0.290. The van der Waals surface area contributed by atoms with Crippen LogP contribution in [0.3, 0.4) is 0 Å². The molecule has 0 bridgehead atoms.